The van der Waals surface area contributed by atoms with Gasteiger partial charge in [-0.3, -0.25) is 14.5 Å². The van der Waals surface area contributed by atoms with E-state index >= 15 is 0 Å². The maximum absolute atomic E-state index is 13.2. The average molecular weight is 392 g/mol. The van der Waals surface area contributed by atoms with E-state index in [1.54, 1.807) is 29.2 Å². The molecular weight excluding hydrogens is 371 g/mol. The second-order valence-corrected chi connectivity index (χ2v) is 7.11. The van der Waals surface area contributed by atoms with Crippen molar-refractivity contribution in [3.05, 3.63) is 82.8 Å². The lowest BCUT2D eigenvalue weighted by Gasteiger charge is -2.27. The van der Waals surface area contributed by atoms with Crippen molar-refractivity contribution in [2.45, 2.75) is 33.0 Å². The van der Waals surface area contributed by atoms with E-state index in [1.807, 2.05) is 29.8 Å². The van der Waals surface area contributed by atoms with E-state index in [4.69, 9.17) is 0 Å². The van der Waals surface area contributed by atoms with E-state index in [0.29, 0.717) is 30.6 Å². The van der Waals surface area contributed by atoms with Crippen LogP contribution >= 0.6 is 0 Å². The Balaban J connectivity index is 1.41. The predicted molar refractivity (Wildman–Crippen MR) is 107 cm³/mol. The fourth-order valence-electron chi connectivity index (χ4n) is 3.42. The van der Waals surface area contributed by atoms with Crippen LogP contribution in [0.2, 0.25) is 0 Å². The van der Waals surface area contributed by atoms with Crippen molar-refractivity contribution >= 4 is 17.6 Å². The molecule has 0 fully saturated rings. The summed E-state index contributed by atoms with van der Waals surface area (Å²) in [6, 6.07) is 15.2. The normalized spacial score (nSPS) is 13.3. The van der Waals surface area contributed by atoms with Crippen molar-refractivity contribution in [2.75, 3.05) is 4.90 Å². The van der Waals surface area contributed by atoms with Gasteiger partial charge in [0.05, 0.1) is 18.8 Å². The average Bonchev–Trinajstić information content (AvgIpc) is 3.09. The standard InChI is InChI=1S/C22H21FN4O2/c1-15-11-20-26(21(28)9-10-27(20)25-15)14-16-5-7-18(8-6-16)22(29)24-13-17-3-2-4-19(23)12-17/h2-8,11-12H,9-10,13-14H2,1H3,(H,24,29). The van der Waals surface area contributed by atoms with Crippen LogP contribution in [0.5, 0.6) is 0 Å². The van der Waals surface area contributed by atoms with Gasteiger partial charge in [0, 0.05) is 24.6 Å². The maximum atomic E-state index is 13.2. The Morgan fingerprint density at radius 1 is 1.14 bits per heavy atom. The van der Waals surface area contributed by atoms with E-state index in [2.05, 4.69) is 10.4 Å². The number of fused-ring (bicyclic) bond motifs is 1. The molecule has 2 aromatic carbocycles. The molecule has 1 aromatic heterocycles. The topological polar surface area (TPSA) is 67.2 Å². The minimum Gasteiger partial charge on any atom is -0.348 e. The van der Waals surface area contributed by atoms with Crippen molar-refractivity contribution < 1.29 is 14.0 Å². The third-order valence-corrected chi connectivity index (χ3v) is 4.89. The third kappa shape index (κ3) is 4.18. The summed E-state index contributed by atoms with van der Waals surface area (Å²) in [6.07, 6.45) is 0.425. The highest BCUT2D eigenvalue weighted by Crippen LogP contribution is 2.24. The van der Waals surface area contributed by atoms with Gasteiger partial charge in [0.15, 0.2) is 0 Å². The molecule has 29 heavy (non-hydrogen) atoms. The highest BCUT2D eigenvalue weighted by Gasteiger charge is 2.25. The molecule has 148 valence electrons. The predicted octanol–water partition coefficient (Wildman–Crippen LogP) is 3.20. The molecule has 1 N–H and O–H groups in total. The number of rotatable bonds is 5. The number of hydrogen-bond donors (Lipinski definition) is 1. The van der Waals surface area contributed by atoms with E-state index in [1.165, 1.54) is 12.1 Å². The summed E-state index contributed by atoms with van der Waals surface area (Å²) in [7, 11) is 0. The third-order valence-electron chi connectivity index (χ3n) is 4.89. The molecule has 6 nitrogen and oxygen atoms in total. The largest absolute Gasteiger partial charge is 0.348 e. The zero-order chi connectivity index (χ0) is 20.4. The zero-order valence-electron chi connectivity index (χ0n) is 16.1. The Bertz CT molecular complexity index is 1060. The van der Waals surface area contributed by atoms with Gasteiger partial charge in [0.1, 0.15) is 11.6 Å². The molecule has 0 radical (unpaired) electrons. The number of aryl methyl sites for hydroxylation is 2. The Kier molecular flexibility index (Phi) is 5.12. The minimum absolute atomic E-state index is 0.0642. The first-order valence-electron chi connectivity index (χ1n) is 9.46. The molecule has 2 heterocycles. The first-order valence-corrected chi connectivity index (χ1v) is 9.46. The number of halogens is 1. The van der Waals surface area contributed by atoms with Crippen molar-refractivity contribution in [3.8, 4) is 0 Å². The summed E-state index contributed by atoms with van der Waals surface area (Å²) in [5, 5.41) is 7.20. The molecule has 2 amide bonds. The Labute approximate surface area is 167 Å². The maximum Gasteiger partial charge on any atom is 0.251 e. The van der Waals surface area contributed by atoms with Gasteiger partial charge in [-0.1, -0.05) is 24.3 Å². The molecule has 3 aromatic rings. The zero-order valence-corrected chi connectivity index (χ0v) is 16.1. The van der Waals surface area contributed by atoms with Crippen LogP contribution in [0.4, 0.5) is 10.2 Å². The summed E-state index contributed by atoms with van der Waals surface area (Å²) >= 11 is 0. The van der Waals surface area contributed by atoms with E-state index in [9.17, 15) is 14.0 Å². The molecule has 0 spiro atoms. The smallest absolute Gasteiger partial charge is 0.251 e. The number of carbonyl (C=O) groups is 2. The van der Waals surface area contributed by atoms with Gasteiger partial charge in [-0.25, -0.2) is 9.07 Å². The van der Waals surface area contributed by atoms with Crippen LogP contribution in [0.3, 0.4) is 0 Å². The van der Waals surface area contributed by atoms with Gasteiger partial charge in [-0.2, -0.15) is 5.10 Å². The van der Waals surface area contributed by atoms with Gasteiger partial charge >= 0.3 is 0 Å². The number of anilines is 1. The molecule has 0 unspecified atom stereocenters. The van der Waals surface area contributed by atoms with Gasteiger partial charge in [-0.15, -0.1) is 0 Å². The van der Waals surface area contributed by atoms with Crippen LogP contribution in [0.25, 0.3) is 0 Å². The van der Waals surface area contributed by atoms with E-state index < -0.39 is 0 Å². The Hall–Kier alpha value is -3.48. The highest BCUT2D eigenvalue weighted by atomic mass is 19.1. The van der Waals surface area contributed by atoms with Gasteiger partial charge in [-0.05, 0) is 42.3 Å². The molecule has 0 bridgehead atoms. The van der Waals surface area contributed by atoms with Gasteiger partial charge in [0.2, 0.25) is 5.91 Å². The summed E-state index contributed by atoms with van der Waals surface area (Å²) in [6.45, 7) is 3.19. The Morgan fingerprint density at radius 2 is 1.93 bits per heavy atom. The molecule has 1 aliphatic heterocycles. The van der Waals surface area contributed by atoms with Crippen LogP contribution in [0, 0.1) is 12.7 Å². The van der Waals surface area contributed by atoms with Crippen LogP contribution in [0.15, 0.2) is 54.6 Å². The van der Waals surface area contributed by atoms with Crippen LogP contribution in [0.1, 0.15) is 33.6 Å². The lowest BCUT2D eigenvalue weighted by molar-refractivity contribution is -0.119. The van der Waals surface area contributed by atoms with E-state index in [-0.39, 0.29) is 24.2 Å². The fraction of sp³-hybridized carbons (Fsp3) is 0.227. The lowest BCUT2D eigenvalue weighted by Crippen LogP contribution is -2.36. The number of benzene rings is 2. The monoisotopic (exact) mass is 392 g/mol. The van der Waals surface area contributed by atoms with E-state index in [0.717, 1.165) is 17.1 Å². The SMILES string of the molecule is Cc1cc2n(n1)CCC(=O)N2Cc1ccc(C(=O)NCc2cccc(F)c2)cc1. The highest BCUT2D eigenvalue weighted by molar-refractivity contribution is 5.95. The second-order valence-electron chi connectivity index (χ2n) is 7.11. The van der Waals surface area contributed by atoms with Crippen molar-refractivity contribution in [3.63, 3.8) is 0 Å². The van der Waals surface area contributed by atoms with Crippen LogP contribution in [-0.4, -0.2) is 21.6 Å². The molecule has 0 atom stereocenters. The molecule has 4 rings (SSSR count). The van der Waals surface area contributed by atoms with Crippen molar-refractivity contribution in [1.82, 2.24) is 15.1 Å². The molecular formula is C22H21FN4O2. The fourth-order valence-corrected chi connectivity index (χ4v) is 3.42. The first kappa shape index (κ1) is 18.9. The second kappa shape index (κ2) is 7.87. The summed E-state index contributed by atoms with van der Waals surface area (Å²) in [5.41, 5.74) is 3.01. The quantitative estimate of drug-likeness (QED) is 0.725. The van der Waals surface area contributed by atoms with Crippen molar-refractivity contribution in [2.24, 2.45) is 0 Å². The molecule has 0 saturated carbocycles. The van der Waals surface area contributed by atoms with Crippen molar-refractivity contribution in [1.29, 1.82) is 0 Å². The number of carbonyl (C=O) groups excluding carboxylic acids is 2. The number of nitrogens with one attached hydrogen (secondary N) is 1. The molecule has 7 heteroatoms. The van der Waals surface area contributed by atoms with Crippen LogP contribution in [-0.2, 0) is 24.4 Å². The molecule has 0 aliphatic carbocycles. The summed E-state index contributed by atoms with van der Waals surface area (Å²) in [5.74, 6) is 0.304. The first-order chi connectivity index (χ1) is 14.0. The number of nitrogens with zero attached hydrogens (tertiary/aromatic N) is 3. The van der Waals surface area contributed by atoms with Gasteiger partial charge in [0.25, 0.3) is 5.91 Å². The Morgan fingerprint density at radius 3 is 2.69 bits per heavy atom. The van der Waals surface area contributed by atoms with Crippen LogP contribution < -0.4 is 10.2 Å². The van der Waals surface area contributed by atoms with Gasteiger partial charge < -0.3 is 5.32 Å². The number of hydrogen-bond acceptors (Lipinski definition) is 3. The molecule has 0 saturated heterocycles. The summed E-state index contributed by atoms with van der Waals surface area (Å²) in [4.78, 5) is 26.5. The number of aromatic nitrogens is 2. The summed E-state index contributed by atoms with van der Waals surface area (Å²) < 4.78 is 15.1. The number of amides is 2. The minimum atomic E-state index is -0.329. The molecule has 1 aliphatic rings. The lowest BCUT2D eigenvalue weighted by atomic mass is 10.1.